The largest absolute Gasteiger partial charge is 0.478 e. The predicted octanol–water partition coefficient (Wildman–Crippen LogP) is 2.90. The Morgan fingerprint density at radius 1 is 1.22 bits per heavy atom. The summed E-state index contributed by atoms with van der Waals surface area (Å²) in [5.41, 5.74) is 0.171. The number of carboxylic acid groups (broad SMARTS) is 1. The molecule has 0 atom stereocenters. The topological polar surface area (TPSA) is 63.6 Å². The van der Waals surface area contributed by atoms with E-state index in [9.17, 15) is 9.59 Å². The maximum atomic E-state index is 11.4. The van der Waals surface area contributed by atoms with Gasteiger partial charge < -0.3 is 9.84 Å². The number of esters is 1. The maximum Gasteiger partial charge on any atom is 0.338 e. The van der Waals surface area contributed by atoms with Crippen LogP contribution in [0, 0.1) is 0 Å². The zero-order valence-corrected chi connectivity index (χ0v) is 10.8. The normalized spacial score (nSPS) is 9.72. The molecule has 0 aromatic heterocycles. The Bertz CT molecular complexity index is 402. The van der Waals surface area contributed by atoms with Gasteiger partial charge in [-0.1, -0.05) is 24.8 Å². The number of hydrogen-bond acceptors (Lipinski definition) is 3. The molecule has 1 rings (SSSR count). The molecule has 0 aliphatic carbocycles. The standard InChI is InChI=1S/C11H14O2.C3H4O2/c1-11(2,3)13-10(12)9-7-5-4-6-8-9;1-2-3(4)5/h4-8H,1-3H3;2H,1H2,(H,4,5). The first-order valence-corrected chi connectivity index (χ1v) is 5.40. The number of ether oxygens (including phenoxy) is 1. The third-order valence-corrected chi connectivity index (χ3v) is 1.58. The molecular weight excluding hydrogens is 232 g/mol. The molecule has 0 amide bonds. The van der Waals surface area contributed by atoms with Crippen molar-refractivity contribution in [2.24, 2.45) is 0 Å². The molecule has 0 saturated heterocycles. The van der Waals surface area contributed by atoms with Gasteiger partial charge in [0.15, 0.2) is 0 Å². The highest BCUT2D eigenvalue weighted by atomic mass is 16.6. The van der Waals surface area contributed by atoms with Crippen molar-refractivity contribution in [3.63, 3.8) is 0 Å². The molecule has 1 N–H and O–H groups in total. The van der Waals surface area contributed by atoms with Gasteiger partial charge in [-0.05, 0) is 32.9 Å². The van der Waals surface area contributed by atoms with Gasteiger partial charge in [-0.3, -0.25) is 0 Å². The molecule has 0 unspecified atom stereocenters. The highest BCUT2D eigenvalue weighted by Gasteiger charge is 2.16. The van der Waals surface area contributed by atoms with Crippen molar-refractivity contribution in [2.75, 3.05) is 0 Å². The molecule has 0 saturated carbocycles. The van der Waals surface area contributed by atoms with Crippen molar-refractivity contribution in [1.82, 2.24) is 0 Å². The van der Waals surface area contributed by atoms with E-state index in [-0.39, 0.29) is 5.97 Å². The SMILES string of the molecule is C=CC(=O)O.CC(C)(C)OC(=O)c1ccccc1. The lowest BCUT2D eigenvalue weighted by molar-refractivity contribution is -0.131. The molecular formula is C14H18O4. The van der Waals surface area contributed by atoms with E-state index in [1.54, 1.807) is 12.1 Å². The zero-order valence-electron chi connectivity index (χ0n) is 10.8. The van der Waals surface area contributed by atoms with Crippen molar-refractivity contribution < 1.29 is 19.4 Å². The fourth-order valence-electron chi connectivity index (χ4n) is 0.911. The number of aliphatic carboxylic acids is 1. The summed E-state index contributed by atoms with van der Waals surface area (Å²) in [5, 5.41) is 7.60. The van der Waals surface area contributed by atoms with E-state index in [0.717, 1.165) is 6.08 Å². The molecule has 18 heavy (non-hydrogen) atoms. The molecule has 1 aromatic carbocycles. The second kappa shape index (κ2) is 7.27. The third kappa shape index (κ3) is 8.10. The second-order valence-electron chi connectivity index (χ2n) is 4.41. The number of carbonyl (C=O) groups excluding carboxylic acids is 1. The van der Waals surface area contributed by atoms with E-state index in [0.29, 0.717) is 5.56 Å². The first-order valence-electron chi connectivity index (χ1n) is 5.40. The first kappa shape index (κ1) is 15.9. The van der Waals surface area contributed by atoms with Gasteiger partial charge in [0.05, 0.1) is 5.56 Å². The summed E-state index contributed by atoms with van der Waals surface area (Å²) in [6, 6.07) is 8.99. The lowest BCUT2D eigenvalue weighted by atomic mass is 10.2. The molecule has 1 aromatic rings. The van der Waals surface area contributed by atoms with Crippen LogP contribution in [0.25, 0.3) is 0 Å². The fraction of sp³-hybridized carbons (Fsp3) is 0.286. The van der Waals surface area contributed by atoms with Crippen molar-refractivity contribution >= 4 is 11.9 Å². The summed E-state index contributed by atoms with van der Waals surface area (Å²) in [7, 11) is 0. The predicted molar refractivity (Wildman–Crippen MR) is 69.4 cm³/mol. The number of hydrogen-bond donors (Lipinski definition) is 1. The number of carbonyl (C=O) groups is 2. The van der Waals surface area contributed by atoms with Gasteiger partial charge in [0, 0.05) is 6.08 Å². The summed E-state index contributed by atoms with van der Waals surface area (Å²) >= 11 is 0. The van der Waals surface area contributed by atoms with Crippen molar-refractivity contribution in [1.29, 1.82) is 0 Å². The van der Waals surface area contributed by atoms with Gasteiger partial charge in [-0.2, -0.15) is 0 Å². The molecule has 0 radical (unpaired) electrons. The van der Waals surface area contributed by atoms with E-state index in [4.69, 9.17) is 9.84 Å². The lowest BCUT2D eigenvalue weighted by Crippen LogP contribution is -2.23. The average Bonchev–Trinajstić information content (AvgIpc) is 2.29. The van der Waals surface area contributed by atoms with Crippen LogP contribution in [0.2, 0.25) is 0 Å². The summed E-state index contributed by atoms with van der Waals surface area (Å²) in [6.45, 7) is 8.53. The van der Waals surface area contributed by atoms with Crippen LogP contribution in [0.15, 0.2) is 43.0 Å². The van der Waals surface area contributed by atoms with Crippen LogP contribution in [-0.2, 0) is 9.53 Å². The maximum absolute atomic E-state index is 11.4. The molecule has 0 fully saturated rings. The van der Waals surface area contributed by atoms with Crippen LogP contribution in [-0.4, -0.2) is 22.6 Å². The summed E-state index contributed by atoms with van der Waals surface area (Å²) in [5.74, 6) is -1.25. The minimum Gasteiger partial charge on any atom is -0.478 e. The molecule has 0 bridgehead atoms. The molecule has 0 aliphatic rings. The van der Waals surface area contributed by atoms with Gasteiger partial charge in [0.25, 0.3) is 0 Å². The monoisotopic (exact) mass is 250 g/mol. The second-order valence-corrected chi connectivity index (χ2v) is 4.41. The third-order valence-electron chi connectivity index (χ3n) is 1.58. The molecule has 0 aliphatic heterocycles. The van der Waals surface area contributed by atoms with Crippen molar-refractivity contribution in [3.8, 4) is 0 Å². The van der Waals surface area contributed by atoms with E-state index < -0.39 is 11.6 Å². The quantitative estimate of drug-likeness (QED) is 0.647. The van der Waals surface area contributed by atoms with Crippen LogP contribution in [0.4, 0.5) is 0 Å². The smallest absolute Gasteiger partial charge is 0.338 e. The van der Waals surface area contributed by atoms with E-state index >= 15 is 0 Å². The Balaban J connectivity index is 0.000000494. The summed E-state index contributed by atoms with van der Waals surface area (Å²) in [6.07, 6.45) is 0.833. The Hall–Kier alpha value is -2.10. The fourth-order valence-corrected chi connectivity index (χ4v) is 0.911. The molecule has 0 spiro atoms. The zero-order chi connectivity index (χ0) is 14.2. The van der Waals surface area contributed by atoms with E-state index in [1.807, 2.05) is 39.0 Å². The molecule has 4 heteroatoms. The average molecular weight is 250 g/mol. The molecule has 98 valence electrons. The highest BCUT2D eigenvalue weighted by Crippen LogP contribution is 2.11. The van der Waals surface area contributed by atoms with Gasteiger partial charge in [-0.25, -0.2) is 9.59 Å². The lowest BCUT2D eigenvalue weighted by Gasteiger charge is -2.19. The Labute approximate surface area is 107 Å². The number of benzene rings is 1. The van der Waals surface area contributed by atoms with Crippen LogP contribution in [0.3, 0.4) is 0 Å². The van der Waals surface area contributed by atoms with Crippen molar-refractivity contribution in [3.05, 3.63) is 48.6 Å². The van der Waals surface area contributed by atoms with Crippen LogP contribution in [0.5, 0.6) is 0 Å². The summed E-state index contributed by atoms with van der Waals surface area (Å²) < 4.78 is 5.18. The minimum atomic E-state index is -0.981. The van der Waals surface area contributed by atoms with Crippen LogP contribution in [0.1, 0.15) is 31.1 Å². The van der Waals surface area contributed by atoms with Gasteiger partial charge in [-0.15, -0.1) is 0 Å². The van der Waals surface area contributed by atoms with Crippen molar-refractivity contribution in [2.45, 2.75) is 26.4 Å². The molecule has 4 nitrogen and oxygen atoms in total. The minimum absolute atomic E-state index is 0.270. The highest BCUT2D eigenvalue weighted by molar-refractivity contribution is 5.89. The Kier molecular flexibility index (Phi) is 6.42. The number of rotatable bonds is 2. The van der Waals surface area contributed by atoms with Crippen LogP contribution >= 0.6 is 0 Å². The number of carboxylic acids is 1. The molecule has 0 heterocycles. The van der Waals surface area contributed by atoms with Gasteiger partial charge >= 0.3 is 11.9 Å². The van der Waals surface area contributed by atoms with Crippen LogP contribution < -0.4 is 0 Å². The van der Waals surface area contributed by atoms with Gasteiger partial charge in [0.2, 0.25) is 0 Å². The first-order chi connectivity index (χ1) is 8.26. The van der Waals surface area contributed by atoms with Gasteiger partial charge in [0.1, 0.15) is 5.60 Å². The Morgan fingerprint density at radius 2 is 1.67 bits per heavy atom. The van der Waals surface area contributed by atoms with E-state index in [2.05, 4.69) is 6.58 Å². The van der Waals surface area contributed by atoms with E-state index in [1.165, 1.54) is 0 Å². The Morgan fingerprint density at radius 3 is 2.00 bits per heavy atom. The summed E-state index contributed by atoms with van der Waals surface area (Å²) in [4.78, 5) is 20.7.